The van der Waals surface area contributed by atoms with Gasteiger partial charge in [-0.05, 0) is 43.7 Å². The number of hydrogen-bond acceptors (Lipinski definition) is 5. The number of terminal acetylenes is 1. The van der Waals surface area contributed by atoms with Crippen molar-refractivity contribution in [1.29, 1.82) is 0 Å². The van der Waals surface area contributed by atoms with E-state index in [1.54, 1.807) is 6.20 Å². The highest BCUT2D eigenvalue weighted by molar-refractivity contribution is 5.60. The van der Waals surface area contributed by atoms with Crippen molar-refractivity contribution >= 4 is 0 Å². The van der Waals surface area contributed by atoms with Crippen LogP contribution in [0.15, 0.2) is 40.9 Å². The van der Waals surface area contributed by atoms with Crippen molar-refractivity contribution < 1.29 is 9.15 Å². The summed E-state index contributed by atoms with van der Waals surface area (Å²) in [5.74, 6) is 4.01. The minimum absolute atomic E-state index is 0.217. The lowest BCUT2D eigenvalue weighted by Crippen LogP contribution is -1.96. The highest BCUT2D eigenvalue weighted by atomic mass is 16.5. The smallest absolute Gasteiger partial charge is 0.249 e. The average molecular weight is 305 g/mol. The van der Waals surface area contributed by atoms with E-state index in [1.165, 1.54) is 0 Å². The third-order valence-electron chi connectivity index (χ3n) is 3.33. The van der Waals surface area contributed by atoms with Crippen molar-refractivity contribution in [2.24, 2.45) is 0 Å². The Morgan fingerprint density at radius 3 is 2.52 bits per heavy atom. The molecular formula is C18H15N3O2. The molecule has 0 atom stereocenters. The lowest BCUT2D eigenvalue weighted by molar-refractivity contribution is 0.368. The summed E-state index contributed by atoms with van der Waals surface area (Å²) in [4.78, 5) is 4.23. The van der Waals surface area contributed by atoms with Gasteiger partial charge >= 0.3 is 0 Å². The topological polar surface area (TPSA) is 61.0 Å². The maximum Gasteiger partial charge on any atom is 0.249 e. The van der Waals surface area contributed by atoms with E-state index < -0.39 is 0 Å². The van der Waals surface area contributed by atoms with Crippen LogP contribution in [-0.2, 0) is 0 Å². The van der Waals surface area contributed by atoms with E-state index in [0.717, 1.165) is 22.4 Å². The summed E-state index contributed by atoms with van der Waals surface area (Å²) in [6, 6.07) is 9.48. The molecule has 0 unspecified atom stereocenters. The summed E-state index contributed by atoms with van der Waals surface area (Å²) in [5, 5.41) is 8.17. The van der Waals surface area contributed by atoms with Crippen LogP contribution < -0.4 is 4.74 Å². The number of aryl methyl sites for hydroxylation is 2. The van der Waals surface area contributed by atoms with Crippen LogP contribution >= 0.6 is 0 Å². The Hall–Kier alpha value is -3.13. The van der Waals surface area contributed by atoms with Crippen LogP contribution in [0.5, 0.6) is 5.75 Å². The fourth-order valence-corrected chi connectivity index (χ4v) is 2.06. The van der Waals surface area contributed by atoms with Crippen LogP contribution in [0.25, 0.3) is 22.9 Å². The second-order valence-corrected chi connectivity index (χ2v) is 5.07. The summed E-state index contributed by atoms with van der Waals surface area (Å²) in [6.45, 7) is 4.09. The summed E-state index contributed by atoms with van der Waals surface area (Å²) in [6.07, 6.45) is 6.94. The van der Waals surface area contributed by atoms with Crippen LogP contribution in [0.2, 0.25) is 0 Å². The maximum atomic E-state index is 5.74. The zero-order valence-corrected chi connectivity index (χ0v) is 12.9. The van der Waals surface area contributed by atoms with Gasteiger partial charge in [-0.25, -0.2) is 0 Å². The van der Waals surface area contributed by atoms with Gasteiger partial charge in [0.1, 0.15) is 12.4 Å². The molecule has 1 aromatic carbocycles. The third kappa shape index (κ3) is 3.22. The minimum Gasteiger partial charge on any atom is -0.481 e. The molecule has 0 radical (unpaired) electrons. The van der Waals surface area contributed by atoms with Crippen molar-refractivity contribution in [2.45, 2.75) is 13.8 Å². The molecule has 3 rings (SSSR count). The van der Waals surface area contributed by atoms with Gasteiger partial charge in [0, 0.05) is 17.5 Å². The molecule has 3 aromatic rings. The Morgan fingerprint density at radius 1 is 1.09 bits per heavy atom. The Bertz CT molecular complexity index is 861. The molecule has 0 spiro atoms. The zero-order valence-electron chi connectivity index (χ0n) is 12.9. The Labute approximate surface area is 134 Å². The van der Waals surface area contributed by atoms with Gasteiger partial charge in [0.2, 0.25) is 11.8 Å². The van der Waals surface area contributed by atoms with Crippen LogP contribution in [0.3, 0.4) is 0 Å². The van der Waals surface area contributed by atoms with Gasteiger partial charge in [-0.15, -0.1) is 16.6 Å². The summed E-state index contributed by atoms with van der Waals surface area (Å²) in [5.41, 5.74) is 3.49. The van der Waals surface area contributed by atoms with E-state index >= 15 is 0 Å². The second kappa shape index (κ2) is 6.32. The van der Waals surface area contributed by atoms with E-state index in [0.29, 0.717) is 17.5 Å². The first-order valence-corrected chi connectivity index (χ1v) is 7.11. The molecule has 2 aromatic heterocycles. The third-order valence-corrected chi connectivity index (χ3v) is 3.33. The van der Waals surface area contributed by atoms with Crippen LogP contribution in [0.1, 0.15) is 11.3 Å². The highest BCUT2D eigenvalue weighted by Gasteiger charge is 2.12. The SMILES string of the molecule is C#CCOc1cc(-c2nnc(-c3ccc(C)nc3)o2)ccc1C. The Kier molecular flexibility index (Phi) is 4.07. The highest BCUT2D eigenvalue weighted by Crippen LogP contribution is 2.28. The number of aromatic nitrogens is 3. The summed E-state index contributed by atoms with van der Waals surface area (Å²) in [7, 11) is 0. The minimum atomic E-state index is 0.217. The van der Waals surface area contributed by atoms with E-state index in [1.807, 2.05) is 44.2 Å². The lowest BCUT2D eigenvalue weighted by Gasteiger charge is -2.07. The van der Waals surface area contributed by atoms with Gasteiger partial charge < -0.3 is 9.15 Å². The van der Waals surface area contributed by atoms with E-state index in [-0.39, 0.29) is 6.61 Å². The quantitative estimate of drug-likeness (QED) is 0.691. The van der Waals surface area contributed by atoms with E-state index in [4.69, 9.17) is 15.6 Å². The number of hydrogen-bond donors (Lipinski definition) is 0. The van der Waals surface area contributed by atoms with Crippen molar-refractivity contribution in [3.8, 4) is 41.0 Å². The molecule has 2 heterocycles. The molecule has 5 nitrogen and oxygen atoms in total. The maximum absolute atomic E-state index is 5.74. The molecule has 0 saturated carbocycles. The van der Waals surface area contributed by atoms with Crippen LogP contribution in [0, 0.1) is 26.2 Å². The van der Waals surface area contributed by atoms with Gasteiger partial charge in [-0.1, -0.05) is 12.0 Å². The number of nitrogens with zero attached hydrogens (tertiary/aromatic N) is 3. The molecule has 5 heteroatoms. The fraction of sp³-hybridized carbons (Fsp3) is 0.167. The van der Waals surface area contributed by atoms with Gasteiger partial charge in [0.15, 0.2) is 0 Å². The summed E-state index contributed by atoms with van der Waals surface area (Å²) >= 11 is 0. The van der Waals surface area contributed by atoms with E-state index in [2.05, 4.69) is 21.1 Å². The largest absolute Gasteiger partial charge is 0.481 e. The molecule has 0 aliphatic heterocycles. The Morgan fingerprint density at radius 2 is 1.83 bits per heavy atom. The molecule has 114 valence electrons. The van der Waals surface area contributed by atoms with Gasteiger partial charge in [0.05, 0.1) is 5.56 Å². The number of benzene rings is 1. The van der Waals surface area contributed by atoms with Crippen molar-refractivity contribution in [3.63, 3.8) is 0 Å². The standard InChI is InChI=1S/C18H15N3O2/c1-4-9-22-16-10-14(7-5-12(16)2)17-20-21-18(23-17)15-8-6-13(3)19-11-15/h1,5-8,10-11H,9H2,2-3H3. The first-order valence-electron chi connectivity index (χ1n) is 7.11. The zero-order chi connectivity index (χ0) is 16.2. The fourth-order valence-electron chi connectivity index (χ4n) is 2.06. The normalized spacial score (nSPS) is 10.3. The number of ether oxygens (including phenoxy) is 1. The second-order valence-electron chi connectivity index (χ2n) is 5.07. The molecule has 0 aliphatic carbocycles. The van der Waals surface area contributed by atoms with Gasteiger partial charge in [-0.3, -0.25) is 4.98 Å². The molecule has 0 fully saturated rings. The number of pyridine rings is 1. The Balaban J connectivity index is 1.91. The molecule has 0 saturated heterocycles. The molecule has 0 N–H and O–H groups in total. The van der Waals surface area contributed by atoms with E-state index in [9.17, 15) is 0 Å². The van der Waals surface area contributed by atoms with Crippen LogP contribution in [-0.4, -0.2) is 21.8 Å². The van der Waals surface area contributed by atoms with Crippen molar-refractivity contribution in [2.75, 3.05) is 6.61 Å². The summed E-state index contributed by atoms with van der Waals surface area (Å²) < 4.78 is 11.3. The number of rotatable bonds is 4. The molecule has 0 amide bonds. The van der Waals surface area contributed by atoms with Gasteiger partial charge in [0.25, 0.3) is 0 Å². The average Bonchev–Trinajstić information content (AvgIpc) is 3.05. The predicted octanol–water partition coefficient (Wildman–Crippen LogP) is 3.43. The lowest BCUT2D eigenvalue weighted by atomic mass is 10.1. The van der Waals surface area contributed by atoms with Crippen LogP contribution in [0.4, 0.5) is 0 Å². The predicted molar refractivity (Wildman–Crippen MR) is 86.8 cm³/mol. The van der Waals surface area contributed by atoms with Crippen molar-refractivity contribution in [3.05, 3.63) is 47.8 Å². The molecule has 0 bridgehead atoms. The molecular weight excluding hydrogens is 290 g/mol. The van der Waals surface area contributed by atoms with Gasteiger partial charge in [-0.2, -0.15) is 0 Å². The first kappa shape index (κ1) is 14.8. The van der Waals surface area contributed by atoms with Crippen molar-refractivity contribution in [1.82, 2.24) is 15.2 Å². The molecule has 0 aliphatic rings. The first-order chi connectivity index (χ1) is 11.2. The monoisotopic (exact) mass is 305 g/mol. The molecule has 23 heavy (non-hydrogen) atoms.